The number of carboxylic acid groups (broad SMARTS) is 1. The molecule has 3 saturated carbocycles. The van der Waals surface area contributed by atoms with Gasteiger partial charge in [0, 0.05) is 12.8 Å². The van der Waals surface area contributed by atoms with Gasteiger partial charge in [0.15, 0.2) is 11.5 Å². The molecule has 5 nitrogen and oxygen atoms in total. The van der Waals surface area contributed by atoms with E-state index >= 15 is 0 Å². The fraction of sp³-hybridized carbons (Fsp3) is 0.724. The van der Waals surface area contributed by atoms with Gasteiger partial charge in [0.05, 0.1) is 12.2 Å². The van der Waals surface area contributed by atoms with Crippen LogP contribution in [0.4, 0.5) is 0 Å². The van der Waals surface area contributed by atoms with Crippen molar-refractivity contribution in [1.82, 2.24) is 0 Å². The van der Waals surface area contributed by atoms with Crippen LogP contribution in [-0.2, 0) is 16.0 Å². The van der Waals surface area contributed by atoms with Crippen LogP contribution in [-0.4, -0.2) is 22.0 Å². The van der Waals surface area contributed by atoms with Gasteiger partial charge in [-0.25, -0.2) is 0 Å². The Kier molecular flexibility index (Phi) is 5.76. The SMILES string of the molecule is CC(C)c1ccoc1C[C@@H](C(=O)O)[C@H]1CC[C@H]2[C@@H]3CC[C@@H]4CC(=O)C(O)=C[C@]4(C)[C@H]3CC[C@]12C. The number of aliphatic carboxylic acids is 1. The lowest BCUT2D eigenvalue weighted by molar-refractivity contribution is -0.148. The highest BCUT2D eigenvalue weighted by molar-refractivity contribution is 5.94. The Bertz CT molecular complexity index is 1000. The third-order valence-electron chi connectivity index (χ3n) is 10.8. The fourth-order valence-electron chi connectivity index (χ4n) is 9.05. The molecule has 0 spiro atoms. The first-order valence-corrected chi connectivity index (χ1v) is 13.3. The number of aliphatic hydroxyl groups is 1. The van der Waals surface area contributed by atoms with Crippen molar-refractivity contribution in [3.05, 3.63) is 35.5 Å². The third kappa shape index (κ3) is 3.48. The summed E-state index contributed by atoms with van der Waals surface area (Å²) in [5, 5.41) is 20.6. The molecule has 0 saturated heterocycles. The van der Waals surface area contributed by atoms with Crippen molar-refractivity contribution in [2.75, 3.05) is 0 Å². The van der Waals surface area contributed by atoms with E-state index in [1.54, 1.807) is 6.26 Å². The zero-order valence-corrected chi connectivity index (χ0v) is 21.0. The van der Waals surface area contributed by atoms with Gasteiger partial charge in [0.1, 0.15) is 5.76 Å². The summed E-state index contributed by atoms with van der Waals surface area (Å²) in [6.45, 7) is 8.87. The molecule has 1 aromatic heterocycles. The minimum atomic E-state index is -0.700. The number of hydrogen-bond acceptors (Lipinski definition) is 4. The number of allylic oxidation sites excluding steroid dienone is 2. The summed E-state index contributed by atoms with van der Waals surface area (Å²) in [5.41, 5.74) is 1.00. The molecule has 0 amide bonds. The molecule has 0 aromatic carbocycles. The lowest BCUT2D eigenvalue weighted by Gasteiger charge is -2.59. The Balaban J connectivity index is 1.42. The second kappa shape index (κ2) is 8.27. The number of ketones is 1. The van der Waals surface area contributed by atoms with E-state index in [1.807, 2.05) is 12.1 Å². The Morgan fingerprint density at radius 3 is 2.62 bits per heavy atom. The number of rotatable bonds is 5. The van der Waals surface area contributed by atoms with Crippen LogP contribution in [0.15, 0.2) is 28.6 Å². The van der Waals surface area contributed by atoms with Crippen LogP contribution in [0.1, 0.15) is 89.9 Å². The molecule has 0 unspecified atom stereocenters. The Labute approximate surface area is 203 Å². The maximum absolute atomic E-state index is 12.6. The van der Waals surface area contributed by atoms with Gasteiger partial charge in [0.2, 0.25) is 0 Å². The summed E-state index contributed by atoms with van der Waals surface area (Å²) in [6.07, 6.45) is 10.8. The minimum Gasteiger partial charge on any atom is -0.505 e. The first-order chi connectivity index (χ1) is 16.1. The van der Waals surface area contributed by atoms with E-state index < -0.39 is 11.9 Å². The largest absolute Gasteiger partial charge is 0.505 e. The number of aliphatic hydroxyl groups excluding tert-OH is 1. The average molecular weight is 469 g/mol. The molecule has 0 aliphatic heterocycles. The molecule has 2 N–H and O–H groups in total. The molecule has 4 aliphatic rings. The van der Waals surface area contributed by atoms with Crippen molar-refractivity contribution in [3.8, 4) is 0 Å². The summed E-state index contributed by atoms with van der Waals surface area (Å²) in [6, 6.07) is 1.99. The maximum Gasteiger partial charge on any atom is 0.307 e. The molecule has 8 atom stereocenters. The van der Waals surface area contributed by atoms with Crippen LogP contribution in [0.2, 0.25) is 0 Å². The topological polar surface area (TPSA) is 87.7 Å². The molecule has 5 rings (SSSR count). The number of carboxylic acids is 1. The van der Waals surface area contributed by atoms with Gasteiger partial charge in [-0.1, -0.05) is 27.7 Å². The van der Waals surface area contributed by atoms with Crippen molar-refractivity contribution in [1.29, 1.82) is 0 Å². The average Bonchev–Trinajstić information content (AvgIpc) is 3.37. The molecular weight excluding hydrogens is 428 g/mol. The molecule has 4 aliphatic carbocycles. The van der Waals surface area contributed by atoms with Crippen LogP contribution in [0.25, 0.3) is 0 Å². The first kappa shape index (κ1) is 23.7. The molecule has 0 bridgehead atoms. The van der Waals surface area contributed by atoms with Gasteiger partial charge in [-0.3, -0.25) is 9.59 Å². The quantitative estimate of drug-likeness (QED) is 0.512. The zero-order chi connectivity index (χ0) is 24.4. The van der Waals surface area contributed by atoms with Gasteiger partial charge in [-0.2, -0.15) is 0 Å². The van der Waals surface area contributed by atoms with Crippen molar-refractivity contribution >= 4 is 11.8 Å². The summed E-state index contributed by atoms with van der Waals surface area (Å²) in [7, 11) is 0. The molecular formula is C29H40O5. The number of carbonyl (C=O) groups excluding carboxylic acids is 1. The van der Waals surface area contributed by atoms with Crippen molar-refractivity contribution < 1.29 is 24.2 Å². The van der Waals surface area contributed by atoms with Crippen LogP contribution >= 0.6 is 0 Å². The van der Waals surface area contributed by atoms with Gasteiger partial charge in [-0.05, 0) is 103 Å². The summed E-state index contributed by atoms with van der Waals surface area (Å²) < 4.78 is 5.79. The van der Waals surface area contributed by atoms with Crippen LogP contribution in [0, 0.1) is 46.3 Å². The van der Waals surface area contributed by atoms with E-state index in [-0.39, 0.29) is 28.3 Å². The number of carbonyl (C=O) groups is 2. The Hall–Kier alpha value is -2.04. The highest BCUT2D eigenvalue weighted by Gasteiger charge is 2.61. The molecule has 3 fully saturated rings. The van der Waals surface area contributed by atoms with Crippen molar-refractivity contribution in [2.45, 2.75) is 85.0 Å². The predicted molar refractivity (Wildman–Crippen MR) is 129 cm³/mol. The second-order valence-corrected chi connectivity index (χ2v) is 12.5. The molecule has 34 heavy (non-hydrogen) atoms. The van der Waals surface area contributed by atoms with Gasteiger partial charge in [-0.15, -0.1) is 0 Å². The predicted octanol–water partition coefficient (Wildman–Crippen LogP) is 6.54. The highest BCUT2D eigenvalue weighted by Crippen LogP contribution is 2.67. The maximum atomic E-state index is 12.6. The first-order valence-electron chi connectivity index (χ1n) is 13.3. The van der Waals surface area contributed by atoms with E-state index in [2.05, 4.69) is 27.7 Å². The molecule has 1 heterocycles. The van der Waals surface area contributed by atoms with Gasteiger partial charge in [0.25, 0.3) is 0 Å². The van der Waals surface area contributed by atoms with E-state index in [4.69, 9.17) is 4.42 Å². The minimum absolute atomic E-state index is 0.00819. The second-order valence-electron chi connectivity index (χ2n) is 12.5. The summed E-state index contributed by atoms with van der Waals surface area (Å²) >= 11 is 0. The lowest BCUT2D eigenvalue weighted by atomic mass is 9.45. The third-order valence-corrected chi connectivity index (χ3v) is 10.8. The fourth-order valence-corrected chi connectivity index (χ4v) is 9.05. The zero-order valence-electron chi connectivity index (χ0n) is 21.0. The van der Waals surface area contributed by atoms with Gasteiger partial charge >= 0.3 is 5.97 Å². The van der Waals surface area contributed by atoms with Crippen LogP contribution in [0.5, 0.6) is 0 Å². The van der Waals surface area contributed by atoms with E-state index in [0.717, 1.165) is 49.8 Å². The van der Waals surface area contributed by atoms with E-state index in [0.29, 0.717) is 42.4 Å². The number of hydrogen-bond donors (Lipinski definition) is 2. The van der Waals surface area contributed by atoms with Crippen LogP contribution in [0.3, 0.4) is 0 Å². The van der Waals surface area contributed by atoms with Crippen molar-refractivity contribution in [3.63, 3.8) is 0 Å². The molecule has 5 heteroatoms. The van der Waals surface area contributed by atoms with Gasteiger partial charge < -0.3 is 14.6 Å². The van der Waals surface area contributed by atoms with E-state index in [9.17, 15) is 19.8 Å². The molecule has 0 radical (unpaired) electrons. The molecule has 1 aromatic rings. The summed E-state index contributed by atoms with van der Waals surface area (Å²) in [4.78, 5) is 24.8. The Morgan fingerprint density at radius 2 is 1.91 bits per heavy atom. The number of furan rings is 1. The monoisotopic (exact) mass is 468 g/mol. The number of Topliss-reactive ketones (excluding diaryl/α,β-unsaturated/α-hetero) is 1. The normalized spacial score (nSPS) is 40.3. The van der Waals surface area contributed by atoms with Crippen molar-refractivity contribution in [2.24, 2.45) is 46.3 Å². The molecule has 186 valence electrons. The lowest BCUT2D eigenvalue weighted by Crippen LogP contribution is -2.53. The van der Waals surface area contributed by atoms with E-state index in [1.165, 1.54) is 0 Å². The van der Waals surface area contributed by atoms with Crippen LogP contribution < -0.4 is 0 Å². The smallest absolute Gasteiger partial charge is 0.307 e. The standard InChI is InChI=1S/C29H40O5/c1-16(2)18-10-12-34-26(18)14-20(27(32)33)22-8-7-21-19-6-5-17-13-24(30)25(31)15-29(17,4)23(19)9-11-28(21,22)3/h10,12,15-17,19-23,31H,5-9,11,13-14H2,1-4H3,(H,32,33)/t17-,19+,20-,21+,22-,23+,28+,29+/m1/s1. The number of fused-ring (bicyclic) bond motifs is 5. The summed E-state index contributed by atoms with van der Waals surface area (Å²) in [5.74, 6) is 1.83. The highest BCUT2D eigenvalue weighted by atomic mass is 16.4. The Morgan fingerprint density at radius 1 is 1.15 bits per heavy atom.